The molecule has 3 atom stereocenters. The van der Waals surface area contributed by atoms with Crippen LogP contribution in [-0.4, -0.2) is 63.4 Å². The van der Waals surface area contributed by atoms with E-state index in [9.17, 15) is 14.4 Å². The van der Waals surface area contributed by atoms with Crippen molar-refractivity contribution in [3.8, 4) is 0 Å². The Morgan fingerprint density at radius 3 is 2.94 bits per heavy atom. The Morgan fingerprint density at radius 1 is 1.42 bits per heavy atom. The van der Waals surface area contributed by atoms with E-state index in [-0.39, 0.29) is 35.4 Å². The molecule has 11 nitrogen and oxygen atoms in total. The number of hydrogen-bond donors (Lipinski definition) is 3. The van der Waals surface area contributed by atoms with Gasteiger partial charge in [-0.05, 0) is 24.5 Å². The first kappa shape index (κ1) is 21.2. The lowest BCUT2D eigenvalue weighted by atomic mass is 10.1. The van der Waals surface area contributed by atoms with Gasteiger partial charge in [-0.2, -0.15) is 0 Å². The third-order valence-corrected chi connectivity index (χ3v) is 6.81. The fourth-order valence-electron chi connectivity index (χ4n) is 3.23. The summed E-state index contributed by atoms with van der Waals surface area (Å²) in [6.45, 7) is 0.0187. The quantitative estimate of drug-likeness (QED) is 0.228. The van der Waals surface area contributed by atoms with Gasteiger partial charge in [0.1, 0.15) is 29.8 Å². The molecule has 164 valence electrons. The van der Waals surface area contributed by atoms with Gasteiger partial charge in [0.2, 0.25) is 0 Å². The summed E-state index contributed by atoms with van der Waals surface area (Å²) in [5.74, 6) is -0.314. The molecular weight excluding hydrogens is 444 g/mol. The standard InChI is InChI=1S/C18H20N6O5S2/c19-17-21-11(8-31-17)12(23-29-10-3-1-2-4-10)14(25)22-13-15(26)24-5-9(6-28-18(20)27)7-30-16(13)24/h1,3,5,8,10,13,16H,2,4,6-7H2,(H2,19,21)(H2,20,27)(H,22,25)/t10?,13?,16-/m0/s1. The number of nitrogen functional groups attached to an aromatic ring is 1. The number of amides is 3. The van der Waals surface area contributed by atoms with Gasteiger partial charge < -0.3 is 31.3 Å². The number of fused-ring (bicyclic) bond motifs is 1. The van der Waals surface area contributed by atoms with Gasteiger partial charge >= 0.3 is 6.09 Å². The van der Waals surface area contributed by atoms with Crippen molar-refractivity contribution >= 4 is 51.8 Å². The summed E-state index contributed by atoms with van der Waals surface area (Å²) >= 11 is 2.63. The number of oxime groups is 1. The predicted molar refractivity (Wildman–Crippen MR) is 115 cm³/mol. The molecule has 2 aliphatic heterocycles. The van der Waals surface area contributed by atoms with Crippen LogP contribution in [0.1, 0.15) is 18.5 Å². The maximum atomic E-state index is 12.9. The Morgan fingerprint density at radius 2 is 2.26 bits per heavy atom. The fourth-order valence-corrected chi connectivity index (χ4v) is 5.02. The highest BCUT2D eigenvalue weighted by molar-refractivity contribution is 8.00. The van der Waals surface area contributed by atoms with E-state index in [0.29, 0.717) is 10.9 Å². The van der Waals surface area contributed by atoms with Crippen LogP contribution in [0.5, 0.6) is 0 Å². The minimum Gasteiger partial charge on any atom is -0.445 e. The SMILES string of the molecule is NC(=O)OCC1=CN2C(=O)C(NC(=O)C(=NOC3C=CCC3)c3csc(N)n3)[C@@H]2SC1. The summed E-state index contributed by atoms with van der Waals surface area (Å²) in [5.41, 5.74) is 11.7. The fraction of sp³-hybridized carbons (Fsp3) is 0.389. The van der Waals surface area contributed by atoms with E-state index >= 15 is 0 Å². The van der Waals surface area contributed by atoms with Crippen molar-refractivity contribution in [1.29, 1.82) is 0 Å². The van der Waals surface area contributed by atoms with Gasteiger partial charge in [0.25, 0.3) is 11.8 Å². The molecule has 0 spiro atoms. The normalized spacial score (nSPS) is 24.8. The van der Waals surface area contributed by atoms with Crippen LogP contribution in [-0.2, 0) is 19.2 Å². The zero-order chi connectivity index (χ0) is 22.0. The molecule has 0 radical (unpaired) electrons. The Labute approximate surface area is 185 Å². The molecule has 0 saturated carbocycles. The molecular formula is C18H20N6O5S2. The third-order valence-electron chi connectivity index (χ3n) is 4.76. The summed E-state index contributed by atoms with van der Waals surface area (Å²) < 4.78 is 4.77. The number of nitrogens with zero attached hydrogens (tertiary/aromatic N) is 3. The number of ether oxygens (including phenoxy) is 1. The Bertz CT molecular complexity index is 990. The van der Waals surface area contributed by atoms with Crippen LogP contribution >= 0.6 is 23.1 Å². The lowest BCUT2D eigenvalue weighted by molar-refractivity contribution is -0.143. The van der Waals surface area contributed by atoms with Crippen molar-refractivity contribution < 1.29 is 24.0 Å². The number of rotatable bonds is 7. The maximum Gasteiger partial charge on any atom is 0.404 e. The molecule has 1 fully saturated rings. The number of nitrogens with one attached hydrogen (secondary N) is 1. The second-order valence-electron chi connectivity index (χ2n) is 6.95. The lowest BCUT2D eigenvalue weighted by Gasteiger charge is -2.47. The highest BCUT2D eigenvalue weighted by Gasteiger charge is 2.49. The van der Waals surface area contributed by atoms with E-state index in [1.807, 2.05) is 12.2 Å². The summed E-state index contributed by atoms with van der Waals surface area (Å²) in [6.07, 6.45) is 6.07. The number of thioether (sulfide) groups is 1. The topological polar surface area (TPSA) is 162 Å². The van der Waals surface area contributed by atoms with Gasteiger partial charge in [0.15, 0.2) is 10.8 Å². The number of carbonyl (C=O) groups excluding carboxylic acids is 3. The van der Waals surface area contributed by atoms with Crippen molar-refractivity contribution in [3.05, 3.63) is 35.0 Å². The van der Waals surface area contributed by atoms with Gasteiger partial charge in [0, 0.05) is 17.3 Å². The number of hydrogen-bond acceptors (Lipinski definition) is 10. The molecule has 13 heteroatoms. The van der Waals surface area contributed by atoms with Crippen molar-refractivity contribution in [1.82, 2.24) is 15.2 Å². The maximum absolute atomic E-state index is 12.9. The number of aromatic nitrogens is 1. The number of carbonyl (C=O) groups is 3. The second kappa shape index (κ2) is 8.98. The van der Waals surface area contributed by atoms with Crippen LogP contribution in [0.25, 0.3) is 0 Å². The molecule has 5 N–H and O–H groups in total. The third kappa shape index (κ3) is 4.66. The van der Waals surface area contributed by atoms with E-state index in [0.717, 1.165) is 18.4 Å². The van der Waals surface area contributed by atoms with E-state index in [1.165, 1.54) is 28.0 Å². The lowest BCUT2D eigenvalue weighted by Crippen LogP contribution is -2.69. The molecule has 0 aromatic carbocycles. The zero-order valence-corrected chi connectivity index (χ0v) is 17.9. The first-order chi connectivity index (χ1) is 14.9. The minimum atomic E-state index is -0.877. The highest BCUT2D eigenvalue weighted by atomic mass is 32.2. The first-order valence-electron chi connectivity index (χ1n) is 9.40. The second-order valence-corrected chi connectivity index (χ2v) is 8.95. The van der Waals surface area contributed by atoms with Gasteiger partial charge in [-0.3, -0.25) is 9.59 Å². The average Bonchev–Trinajstić information content (AvgIpc) is 3.42. The van der Waals surface area contributed by atoms with Gasteiger partial charge in [-0.25, -0.2) is 9.78 Å². The number of allylic oxidation sites excluding steroid dienone is 1. The van der Waals surface area contributed by atoms with Crippen molar-refractivity contribution in [2.75, 3.05) is 18.1 Å². The van der Waals surface area contributed by atoms with Gasteiger partial charge in [-0.15, -0.1) is 23.1 Å². The average molecular weight is 465 g/mol. The Balaban J connectivity index is 1.43. The molecule has 2 unspecified atom stereocenters. The monoisotopic (exact) mass is 464 g/mol. The van der Waals surface area contributed by atoms with Crippen molar-refractivity contribution in [2.45, 2.75) is 30.4 Å². The number of β-lactam (4-membered cyclic amide) rings is 1. The van der Waals surface area contributed by atoms with Crippen LogP contribution in [0, 0.1) is 0 Å². The number of thiazole rings is 1. The highest BCUT2D eigenvalue weighted by Crippen LogP contribution is 2.36. The van der Waals surface area contributed by atoms with Crippen LogP contribution in [0.15, 0.2) is 34.5 Å². The number of primary amides is 1. The van der Waals surface area contributed by atoms with Crippen LogP contribution in [0.3, 0.4) is 0 Å². The molecule has 31 heavy (non-hydrogen) atoms. The molecule has 1 aliphatic carbocycles. The summed E-state index contributed by atoms with van der Waals surface area (Å²) in [4.78, 5) is 47.3. The Kier molecular flexibility index (Phi) is 6.13. The van der Waals surface area contributed by atoms with Gasteiger partial charge in [-0.1, -0.05) is 11.2 Å². The van der Waals surface area contributed by atoms with Crippen LogP contribution in [0.2, 0.25) is 0 Å². The molecule has 3 aliphatic rings. The van der Waals surface area contributed by atoms with Crippen molar-refractivity contribution in [2.24, 2.45) is 10.9 Å². The first-order valence-corrected chi connectivity index (χ1v) is 11.3. The minimum absolute atomic E-state index is 0.0187. The molecule has 1 aromatic rings. The summed E-state index contributed by atoms with van der Waals surface area (Å²) in [7, 11) is 0. The smallest absolute Gasteiger partial charge is 0.404 e. The molecule has 3 heterocycles. The van der Waals surface area contributed by atoms with E-state index in [4.69, 9.17) is 21.0 Å². The largest absolute Gasteiger partial charge is 0.445 e. The molecule has 0 bridgehead atoms. The zero-order valence-electron chi connectivity index (χ0n) is 16.2. The van der Waals surface area contributed by atoms with Crippen molar-refractivity contribution in [3.63, 3.8) is 0 Å². The van der Waals surface area contributed by atoms with E-state index in [1.54, 1.807) is 11.6 Å². The predicted octanol–water partition coefficient (Wildman–Crippen LogP) is 0.544. The molecule has 4 rings (SSSR count). The number of nitrogens with two attached hydrogens (primary N) is 2. The van der Waals surface area contributed by atoms with Gasteiger partial charge in [0.05, 0.1) is 0 Å². The molecule has 1 saturated heterocycles. The summed E-state index contributed by atoms with van der Waals surface area (Å²) in [6, 6.07) is -0.722. The number of anilines is 1. The molecule has 3 amide bonds. The summed E-state index contributed by atoms with van der Waals surface area (Å²) in [5, 5.41) is 8.38. The van der Waals surface area contributed by atoms with Crippen LogP contribution < -0.4 is 16.8 Å². The Hall–Kier alpha value is -3.06. The van der Waals surface area contributed by atoms with Crippen LogP contribution in [0.4, 0.5) is 9.93 Å². The molecule has 1 aromatic heterocycles. The van der Waals surface area contributed by atoms with E-state index in [2.05, 4.69) is 15.5 Å². The van der Waals surface area contributed by atoms with E-state index < -0.39 is 18.0 Å².